The van der Waals surface area contributed by atoms with Crippen molar-refractivity contribution < 1.29 is 0 Å². The Bertz CT molecular complexity index is 420. The van der Waals surface area contributed by atoms with Crippen molar-refractivity contribution in [2.45, 2.75) is 19.4 Å². The van der Waals surface area contributed by atoms with Crippen molar-refractivity contribution in [2.24, 2.45) is 5.92 Å². The smallest absolute Gasteiger partial charge is 0.0234 e. The molecule has 0 spiro atoms. The van der Waals surface area contributed by atoms with Gasteiger partial charge in [0.25, 0.3) is 0 Å². The molecule has 0 bridgehead atoms. The predicted octanol–water partition coefficient (Wildman–Crippen LogP) is 2.57. The van der Waals surface area contributed by atoms with Crippen molar-refractivity contribution in [1.82, 2.24) is 15.1 Å². The number of benzene rings is 1. The molecule has 2 aliphatic heterocycles. The van der Waals surface area contributed by atoms with Gasteiger partial charge in [-0.05, 0) is 49.5 Å². The van der Waals surface area contributed by atoms with Gasteiger partial charge in [-0.25, -0.2) is 0 Å². The summed E-state index contributed by atoms with van der Waals surface area (Å²) in [5, 5.41) is 3.46. The quantitative estimate of drug-likeness (QED) is 0.899. The molecule has 116 valence electrons. The average Bonchev–Trinajstić information content (AvgIpc) is 2.53. The molecule has 2 saturated heterocycles. The summed E-state index contributed by atoms with van der Waals surface area (Å²) in [5.74, 6) is 0.921. The molecule has 1 N–H and O–H groups in total. The standard InChI is InChI=1S/C17H26BrN3/c18-17-3-1-15(2-4-17)13-20-9-11-21(12-10-20)14-16-5-7-19-8-6-16/h1-4,16,19H,5-14H2. The molecule has 0 atom stereocenters. The van der Waals surface area contributed by atoms with Crippen LogP contribution in [0, 0.1) is 5.92 Å². The van der Waals surface area contributed by atoms with Gasteiger partial charge in [0.05, 0.1) is 0 Å². The Morgan fingerprint density at radius 3 is 2.24 bits per heavy atom. The third-order valence-corrected chi connectivity index (χ3v) is 5.29. The summed E-state index contributed by atoms with van der Waals surface area (Å²) in [4.78, 5) is 5.26. The molecule has 0 radical (unpaired) electrons. The fraction of sp³-hybridized carbons (Fsp3) is 0.647. The van der Waals surface area contributed by atoms with Gasteiger partial charge in [0.1, 0.15) is 0 Å². The first-order valence-electron chi connectivity index (χ1n) is 8.19. The lowest BCUT2D eigenvalue weighted by atomic mass is 9.97. The molecule has 2 aliphatic rings. The number of piperidine rings is 1. The Morgan fingerprint density at radius 2 is 1.57 bits per heavy atom. The maximum absolute atomic E-state index is 3.50. The molecule has 4 heteroatoms. The number of rotatable bonds is 4. The summed E-state index contributed by atoms with van der Waals surface area (Å²) in [6.07, 6.45) is 2.72. The Labute approximate surface area is 136 Å². The highest BCUT2D eigenvalue weighted by molar-refractivity contribution is 9.10. The zero-order chi connectivity index (χ0) is 14.5. The van der Waals surface area contributed by atoms with Gasteiger partial charge in [0, 0.05) is 43.7 Å². The summed E-state index contributed by atoms with van der Waals surface area (Å²) < 4.78 is 1.16. The van der Waals surface area contributed by atoms with E-state index < -0.39 is 0 Å². The minimum absolute atomic E-state index is 0.921. The molecular formula is C17H26BrN3. The summed E-state index contributed by atoms with van der Waals surface area (Å²) in [7, 11) is 0. The lowest BCUT2D eigenvalue weighted by Gasteiger charge is -2.37. The molecule has 2 heterocycles. The van der Waals surface area contributed by atoms with E-state index in [9.17, 15) is 0 Å². The zero-order valence-electron chi connectivity index (χ0n) is 12.7. The lowest BCUT2D eigenvalue weighted by Crippen LogP contribution is -2.48. The second-order valence-corrected chi connectivity index (χ2v) is 7.31. The third-order valence-electron chi connectivity index (χ3n) is 4.76. The highest BCUT2D eigenvalue weighted by atomic mass is 79.9. The molecule has 0 aliphatic carbocycles. The molecule has 1 aromatic carbocycles. The minimum Gasteiger partial charge on any atom is -0.317 e. The third kappa shape index (κ3) is 4.78. The first-order chi connectivity index (χ1) is 10.3. The topological polar surface area (TPSA) is 18.5 Å². The van der Waals surface area contributed by atoms with Crippen LogP contribution in [0.15, 0.2) is 28.7 Å². The van der Waals surface area contributed by atoms with E-state index in [1.165, 1.54) is 64.2 Å². The Hall–Kier alpha value is -0.420. The highest BCUT2D eigenvalue weighted by Gasteiger charge is 2.21. The van der Waals surface area contributed by atoms with Crippen molar-refractivity contribution in [1.29, 1.82) is 0 Å². The van der Waals surface area contributed by atoms with Crippen molar-refractivity contribution in [3.05, 3.63) is 34.3 Å². The van der Waals surface area contributed by atoms with E-state index >= 15 is 0 Å². The summed E-state index contributed by atoms with van der Waals surface area (Å²) >= 11 is 3.50. The number of hydrogen-bond donors (Lipinski definition) is 1. The van der Waals surface area contributed by atoms with Crippen LogP contribution in [-0.4, -0.2) is 55.6 Å². The Morgan fingerprint density at radius 1 is 0.952 bits per heavy atom. The summed E-state index contributed by atoms with van der Waals surface area (Å²) in [5.41, 5.74) is 1.42. The van der Waals surface area contributed by atoms with E-state index in [0.29, 0.717) is 0 Å². The molecular weight excluding hydrogens is 326 g/mol. The molecule has 3 nitrogen and oxygen atoms in total. The first-order valence-corrected chi connectivity index (χ1v) is 8.99. The molecule has 0 unspecified atom stereocenters. The molecule has 0 amide bonds. The van der Waals surface area contributed by atoms with Crippen LogP contribution in [0.2, 0.25) is 0 Å². The van der Waals surface area contributed by atoms with Gasteiger partial charge >= 0.3 is 0 Å². The normalized spacial score (nSPS) is 22.5. The number of nitrogens with one attached hydrogen (secondary N) is 1. The van der Waals surface area contributed by atoms with E-state index in [1.807, 2.05) is 0 Å². The number of nitrogens with zero attached hydrogens (tertiary/aromatic N) is 2. The molecule has 1 aromatic rings. The SMILES string of the molecule is Brc1ccc(CN2CCN(CC3CCNCC3)CC2)cc1. The van der Waals surface area contributed by atoms with E-state index in [0.717, 1.165) is 16.9 Å². The summed E-state index contributed by atoms with van der Waals surface area (Å²) in [6.45, 7) is 9.73. The van der Waals surface area contributed by atoms with Gasteiger partial charge in [-0.2, -0.15) is 0 Å². The van der Waals surface area contributed by atoms with Crippen LogP contribution in [0.25, 0.3) is 0 Å². The second-order valence-electron chi connectivity index (χ2n) is 6.40. The van der Waals surface area contributed by atoms with Crippen molar-refractivity contribution in [3.63, 3.8) is 0 Å². The van der Waals surface area contributed by atoms with Crippen LogP contribution >= 0.6 is 15.9 Å². The van der Waals surface area contributed by atoms with Crippen molar-refractivity contribution in [3.8, 4) is 0 Å². The molecule has 3 rings (SSSR count). The molecule has 21 heavy (non-hydrogen) atoms. The van der Waals surface area contributed by atoms with Crippen molar-refractivity contribution in [2.75, 3.05) is 45.8 Å². The Balaban J connectivity index is 1.41. The Kier molecular flexibility index (Phi) is 5.69. The van der Waals surface area contributed by atoms with Gasteiger partial charge in [-0.15, -0.1) is 0 Å². The van der Waals surface area contributed by atoms with Gasteiger partial charge in [-0.3, -0.25) is 4.90 Å². The average molecular weight is 352 g/mol. The van der Waals surface area contributed by atoms with E-state index in [-0.39, 0.29) is 0 Å². The number of halogens is 1. The van der Waals surface area contributed by atoms with E-state index in [2.05, 4.69) is 55.3 Å². The molecule has 0 aromatic heterocycles. The lowest BCUT2D eigenvalue weighted by molar-refractivity contribution is 0.107. The van der Waals surface area contributed by atoms with Crippen molar-refractivity contribution >= 4 is 15.9 Å². The maximum Gasteiger partial charge on any atom is 0.0234 e. The van der Waals surface area contributed by atoms with E-state index in [4.69, 9.17) is 0 Å². The first kappa shape index (κ1) is 15.5. The van der Waals surface area contributed by atoms with Gasteiger partial charge in [0.15, 0.2) is 0 Å². The number of piperazine rings is 1. The van der Waals surface area contributed by atoms with Crippen LogP contribution in [-0.2, 0) is 6.54 Å². The maximum atomic E-state index is 3.50. The van der Waals surface area contributed by atoms with Crippen LogP contribution in [0.3, 0.4) is 0 Å². The highest BCUT2D eigenvalue weighted by Crippen LogP contribution is 2.16. The summed E-state index contributed by atoms with van der Waals surface area (Å²) in [6, 6.07) is 8.74. The van der Waals surface area contributed by atoms with Crippen LogP contribution in [0.4, 0.5) is 0 Å². The molecule has 0 saturated carbocycles. The van der Waals surface area contributed by atoms with Gasteiger partial charge < -0.3 is 10.2 Å². The van der Waals surface area contributed by atoms with E-state index in [1.54, 1.807) is 0 Å². The monoisotopic (exact) mass is 351 g/mol. The van der Waals surface area contributed by atoms with Gasteiger partial charge in [0.2, 0.25) is 0 Å². The largest absolute Gasteiger partial charge is 0.317 e. The van der Waals surface area contributed by atoms with Crippen LogP contribution in [0.1, 0.15) is 18.4 Å². The zero-order valence-corrected chi connectivity index (χ0v) is 14.3. The second kappa shape index (κ2) is 7.73. The van der Waals surface area contributed by atoms with Crippen LogP contribution in [0.5, 0.6) is 0 Å². The fourth-order valence-electron chi connectivity index (χ4n) is 3.41. The predicted molar refractivity (Wildman–Crippen MR) is 91.5 cm³/mol. The van der Waals surface area contributed by atoms with Gasteiger partial charge in [-0.1, -0.05) is 28.1 Å². The van der Waals surface area contributed by atoms with Crippen LogP contribution < -0.4 is 5.32 Å². The number of hydrogen-bond acceptors (Lipinski definition) is 3. The minimum atomic E-state index is 0.921. The molecule has 2 fully saturated rings. The fourth-order valence-corrected chi connectivity index (χ4v) is 3.67.